The van der Waals surface area contributed by atoms with Crippen LogP contribution in [0.4, 0.5) is 0 Å². The summed E-state index contributed by atoms with van der Waals surface area (Å²) in [6, 6.07) is 0. The molecule has 0 aromatic rings. The molecule has 0 nitrogen and oxygen atoms in total. The first-order chi connectivity index (χ1) is 2.00. The van der Waals surface area contributed by atoms with Crippen molar-refractivity contribution in [3.63, 3.8) is 0 Å². The van der Waals surface area contributed by atoms with Crippen molar-refractivity contribution < 1.29 is 62.6 Å². The quantitative estimate of drug-likeness (QED) is 0.515. The SMILES string of the molecule is [Cl][Ir-]([Cl])([Cl])[Cl].[K+]. The average Bonchev–Trinajstić information content (AvgIpc) is 0.722. The van der Waals surface area contributed by atoms with Crippen LogP contribution in [-0.2, 0) is 11.2 Å². The molecule has 0 saturated heterocycles. The van der Waals surface area contributed by atoms with E-state index in [1.165, 1.54) is 0 Å². The predicted octanol–water partition coefficient (Wildman–Crippen LogP) is -0.241. The number of halogens is 4. The van der Waals surface area contributed by atoms with Gasteiger partial charge in [0.2, 0.25) is 0 Å². The molecule has 0 aromatic carbocycles. The summed E-state index contributed by atoms with van der Waals surface area (Å²) in [5, 5.41) is 0. The first-order valence-corrected chi connectivity index (χ1v) is 12.4. The Kier molecular flexibility index (Phi) is 10.6. The molecule has 0 unspecified atom stereocenters. The largest absolute Gasteiger partial charge is 1.00 e. The molecule has 6 heavy (non-hydrogen) atoms. The third kappa shape index (κ3) is 26.1. The number of hydrogen-bond acceptors (Lipinski definition) is 0. The standard InChI is InChI=1S/4ClH.Ir.K/h4*1H;;/q;;;;+3;+1/p-4. The van der Waals surface area contributed by atoms with Crippen LogP contribution < -0.4 is 51.4 Å². The maximum atomic E-state index is 5.01. The summed E-state index contributed by atoms with van der Waals surface area (Å²) in [7, 11) is 20.1. The van der Waals surface area contributed by atoms with Gasteiger partial charge in [-0.3, -0.25) is 0 Å². The molecular weight excluding hydrogens is 373 g/mol. The summed E-state index contributed by atoms with van der Waals surface area (Å²) in [5.41, 5.74) is 0. The zero-order chi connectivity index (χ0) is 4.50. The van der Waals surface area contributed by atoms with E-state index < -0.39 is 11.2 Å². The van der Waals surface area contributed by atoms with Crippen LogP contribution in [0.5, 0.6) is 0 Å². The van der Waals surface area contributed by atoms with Crippen molar-refractivity contribution in [2.75, 3.05) is 0 Å². The van der Waals surface area contributed by atoms with Gasteiger partial charge < -0.3 is 0 Å². The third-order valence-electron chi connectivity index (χ3n) is 0. The smallest absolute Gasteiger partial charge is 1.00 e. The van der Waals surface area contributed by atoms with Gasteiger partial charge in [0.25, 0.3) is 0 Å². The van der Waals surface area contributed by atoms with Gasteiger partial charge in [0.1, 0.15) is 0 Å². The van der Waals surface area contributed by atoms with Crippen molar-refractivity contribution in [3.05, 3.63) is 0 Å². The molecule has 0 amide bonds. The first-order valence-electron chi connectivity index (χ1n) is 0.504. The van der Waals surface area contributed by atoms with E-state index in [0.29, 0.717) is 0 Å². The Morgan fingerprint density at radius 3 is 0.833 bits per heavy atom. The fraction of sp³-hybridized carbons (Fsp3) is 0. The first kappa shape index (κ1) is 12.2. The zero-order valence-electron chi connectivity index (χ0n) is 2.85. The molecule has 0 aliphatic rings. The molecule has 0 saturated carbocycles. The van der Waals surface area contributed by atoms with Crippen LogP contribution in [-0.4, -0.2) is 0 Å². The second-order valence-corrected chi connectivity index (χ2v) is 21.0. The molecule has 0 aliphatic heterocycles. The van der Waals surface area contributed by atoms with Crippen LogP contribution in [0.25, 0.3) is 0 Å². The maximum absolute atomic E-state index is 5.01. The second-order valence-electron chi connectivity index (χ2n) is 0.286. The van der Waals surface area contributed by atoms with Gasteiger partial charge in [-0.2, -0.15) is 0 Å². The van der Waals surface area contributed by atoms with Gasteiger partial charge in [-0.05, 0) is 0 Å². The molecule has 0 N–H and O–H groups in total. The summed E-state index contributed by atoms with van der Waals surface area (Å²) in [6.45, 7) is 0. The van der Waals surface area contributed by atoms with Crippen molar-refractivity contribution in [1.29, 1.82) is 0 Å². The second kappa shape index (κ2) is 5.25. The van der Waals surface area contributed by atoms with Crippen LogP contribution in [0.2, 0.25) is 0 Å². The minimum Gasteiger partial charge on any atom is 1.00 e. The minimum atomic E-state index is -3.11. The number of rotatable bonds is 0. The van der Waals surface area contributed by atoms with E-state index in [-0.39, 0.29) is 51.4 Å². The average molecular weight is 373 g/mol. The third-order valence-corrected chi connectivity index (χ3v) is 0. The minimum absolute atomic E-state index is 0. The van der Waals surface area contributed by atoms with E-state index in [1.807, 2.05) is 0 Å². The van der Waals surface area contributed by atoms with Gasteiger partial charge in [0.15, 0.2) is 0 Å². The van der Waals surface area contributed by atoms with E-state index >= 15 is 0 Å². The molecule has 0 rings (SSSR count). The molecule has 38 valence electrons. The molecule has 0 aromatic heterocycles. The van der Waals surface area contributed by atoms with Gasteiger partial charge in [0, 0.05) is 0 Å². The van der Waals surface area contributed by atoms with Gasteiger partial charge in [-0.1, -0.05) is 0 Å². The Balaban J connectivity index is 0. The van der Waals surface area contributed by atoms with E-state index in [1.54, 1.807) is 0 Å². The maximum Gasteiger partial charge on any atom is 1.00 e. The van der Waals surface area contributed by atoms with Crippen LogP contribution in [0.1, 0.15) is 0 Å². The van der Waals surface area contributed by atoms with Gasteiger partial charge in [-0.25, -0.2) is 0 Å². The van der Waals surface area contributed by atoms with Crippen LogP contribution in [0.3, 0.4) is 0 Å². The van der Waals surface area contributed by atoms with Crippen molar-refractivity contribution in [2.45, 2.75) is 0 Å². The summed E-state index contributed by atoms with van der Waals surface area (Å²) in [6.07, 6.45) is 0. The van der Waals surface area contributed by atoms with E-state index in [4.69, 9.17) is 38.3 Å². The van der Waals surface area contributed by atoms with Crippen molar-refractivity contribution >= 4 is 38.3 Å². The molecule has 0 aliphatic carbocycles. The van der Waals surface area contributed by atoms with Crippen molar-refractivity contribution in [1.82, 2.24) is 0 Å². The van der Waals surface area contributed by atoms with Crippen LogP contribution >= 0.6 is 38.3 Å². The summed E-state index contributed by atoms with van der Waals surface area (Å²) < 4.78 is 0. The fourth-order valence-corrected chi connectivity index (χ4v) is 0. The van der Waals surface area contributed by atoms with E-state index in [2.05, 4.69) is 0 Å². The van der Waals surface area contributed by atoms with Crippen molar-refractivity contribution in [2.24, 2.45) is 0 Å². The molecule has 0 heterocycles. The summed E-state index contributed by atoms with van der Waals surface area (Å²) in [4.78, 5) is 0. The predicted molar refractivity (Wildman–Crippen MR) is 23.4 cm³/mol. The van der Waals surface area contributed by atoms with Gasteiger partial charge >= 0.3 is 101 Å². The van der Waals surface area contributed by atoms with Gasteiger partial charge in [-0.15, -0.1) is 0 Å². The molecular formula is Cl4IrK. The Hall–Kier alpha value is 3.45. The fourth-order valence-electron chi connectivity index (χ4n) is 0. The molecule has 0 spiro atoms. The Labute approximate surface area is 98.2 Å². The number of hydrogen-bond donors (Lipinski definition) is 0. The Morgan fingerprint density at radius 2 is 0.833 bits per heavy atom. The monoisotopic (exact) mass is 372 g/mol. The molecule has 6 heteroatoms. The molecule has 0 radical (unpaired) electrons. The molecule has 0 bridgehead atoms. The summed E-state index contributed by atoms with van der Waals surface area (Å²) >= 11 is -3.11. The topological polar surface area (TPSA) is 0 Å². The van der Waals surface area contributed by atoms with Crippen LogP contribution in [0, 0.1) is 0 Å². The Bertz CT molecular complexity index is 23.0. The van der Waals surface area contributed by atoms with E-state index in [9.17, 15) is 0 Å². The molecule has 0 fully saturated rings. The van der Waals surface area contributed by atoms with Gasteiger partial charge in [0.05, 0.1) is 0 Å². The van der Waals surface area contributed by atoms with Crippen molar-refractivity contribution in [3.8, 4) is 0 Å². The van der Waals surface area contributed by atoms with Crippen LogP contribution in [0.15, 0.2) is 0 Å². The zero-order valence-corrected chi connectivity index (χ0v) is 11.4. The normalized spacial score (nSPS) is 12.7. The van der Waals surface area contributed by atoms with E-state index in [0.717, 1.165) is 0 Å². The molecule has 0 atom stereocenters. The Morgan fingerprint density at radius 1 is 0.833 bits per heavy atom. The summed E-state index contributed by atoms with van der Waals surface area (Å²) in [5.74, 6) is 0.